The van der Waals surface area contributed by atoms with Crippen molar-refractivity contribution in [2.45, 2.75) is 18.1 Å². The highest BCUT2D eigenvalue weighted by Gasteiger charge is 2.47. The Bertz CT molecular complexity index is 960. The Labute approximate surface area is 186 Å². The standard InChI is InChI=1S/C21H27N5O3.CH2O2/c1-24-9-11-25(12-10-24)18-14-26(20(28)17-13-22-15-23-19(17)27)8-7-21(18,29)16-5-3-2-4-6-16;2-1-3/h2-6,13,15,18,29H,7-12,14H2,1H3,(H,22,23,27);1H,(H,2,3)/t18-,21+;/m1./s1. The molecule has 3 N–H and O–H groups in total. The van der Waals surface area contributed by atoms with E-state index in [1.54, 1.807) is 4.90 Å². The van der Waals surface area contributed by atoms with Gasteiger partial charge in [-0.15, -0.1) is 0 Å². The fourth-order valence-corrected chi connectivity index (χ4v) is 4.39. The quantitative estimate of drug-likeness (QED) is 0.557. The zero-order valence-corrected chi connectivity index (χ0v) is 18.1. The Morgan fingerprint density at radius 3 is 2.47 bits per heavy atom. The Hall–Kier alpha value is -3.08. The van der Waals surface area contributed by atoms with Crippen molar-refractivity contribution in [3.05, 3.63) is 64.3 Å². The number of likely N-dealkylation sites (N-methyl/N-ethyl adjacent to an activating group) is 1. The van der Waals surface area contributed by atoms with Gasteiger partial charge in [0.2, 0.25) is 0 Å². The van der Waals surface area contributed by atoms with Gasteiger partial charge in [0.1, 0.15) is 11.2 Å². The number of piperazine rings is 1. The molecule has 2 fully saturated rings. The normalized spacial score (nSPS) is 24.3. The second kappa shape index (κ2) is 10.5. The molecule has 2 atom stereocenters. The number of H-pyrrole nitrogens is 1. The number of hydrogen-bond acceptors (Lipinski definition) is 7. The first kappa shape index (κ1) is 23.6. The van der Waals surface area contributed by atoms with Crippen LogP contribution in [0.2, 0.25) is 0 Å². The zero-order valence-electron chi connectivity index (χ0n) is 18.1. The number of likely N-dealkylation sites (tertiary alicyclic amines) is 1. The molecule has 3 heterocycles. The summed E-state index contributed by atoms with van der Waals surface area (Å²) in [7, 11) is 2.09. The second-order valence-corrected chi connectivity index (χ2v) is 8.05. The van der Waals surface area contributed by atoms with E-state index in [-0.39, 0.29) is 24.0 Å². The maximum atomic E-state index is 13.0. The smallest absolute Gasteiger partial charge is 0.290 e. The van der Waals surface area contributed by atoms with Crippen LogP contribution in [0.3, 0.4) is 0 Å². The molecule has 1 aromatic heterocycles. The van der Waals surface area contributed by atoms with Crippen LogP contribution in [0.5, 0.6) is 0 Å². The van der Waals surface area contributed by atoms with E-state index in [2.05, 4.69) is 26.8 Å². The van der Waals surface area contributed by atoms with Crippen molar-refractivity contribution in [1.29, 1.82) is 0 Å². The van der Waals surface area contributed by atoms with Gasteiger partial charge < -0.3 is 25.0 Å². The number of benzene rings is 1. The highest BCUT2D eigenvalue weighted by atomic mass is 16.3. The van der Waals surface area contributed by atoms with Crippen molar-refractivity contribution in [3.63, 3.8) is 0 Å². The zero-order chi connectivity index (χ0) is 23.1. The highest BCUT2D eigenvalue weighted by molar-refractivity contribution is 5.93. The molecular weight excluding hydrogens is 414 g/mol. The number of nitrogens with zero attached hydrogens (tertiary/aromatic N) is 4. The van der Waals surface area contributed by atoms with Gasteiger partial charge in [0.05, 0.1) is 12.4 Å². The van der Waals surface area contributed by atoms with Gasteiger partial charge in [-0.3, -0.25) is 19.3 Å². The lowest BCUT2D eigenvalue weighted by Gasteiger charge is -2.51. The molecule has 0 unspecified atom stereocenters. The third-order valence-corrected chi connectivity index (χ3v) is 6.20. The average Bonchev–Trinajstić information content (AvgIpc) is 2.81. The predicted octanol–water partition coefficient (Wildman–Crippen LogP) is -0.180. The van der Waals surface area contributed by atoms with Crippen LogP contribution in [-0.4, -0.2) is 99.6 Å². The number of carboxylic acid groups (broad SMARTS) is 1. The van der Waals surface area contributed by atoms with Crippen molar-refractivity contribution < 1.29 is 19.8 Å². The van der Waals surface area contributed by atoms with E-state index in [0.29, 0.717) is 19.5 Å². The van der Waals surface area contributed by atoms with E-state index in [9.17, 15) is 14.7 Å². The van der Waals surface area contributed by atoms with Crippen molar-refractivity contribution >= 4 is 12.4 Å². The molecule has 0 radical (unpaired) electrons. The second-order valence-electron chi connectivity index (χ2n) is 8.05. The number of aromatic amines is 1. The predicted molar refractivity (Wildman–Crippen MR) is 117 cm³/mol. The summed E-state index contributed by atoms with van der Waals surface area (Å²) in [6, 6.07) is 9.46. The van der Waals surface area contributed by atoms with Crippen LogP contribution in [0.4, 0.5) is 0 Å². The molecule has 10 heteroatoms. The number of amides is 1. The van der Waals surface area contributed by atoms with Gasteiger partial charge in [-0.05, 0) is 19.0 Å². The largest absolute Gasteiger partial charge is 0.483 e. The molecule has 2 saturated heterocycles. The van der Waals surface area contributed by atoms with Crippen LogP contribution in [0.15, 0.2) is 47.7 Å². The maximum Gasteiger partial charge on any atom is 0.290 e. The lowest BCUT2D eigenvalue weighted by Crippen LogP contribution is -2.64. The van der Waals surface area contributed by atoms with E-state index in [4.69, 9.17) is 9.90 Å². The van der Waals surface area contributed by atoms with Gasteiger partial charge in [-0.2, -0.15) is 0 Å². The fraction of sp³-hybridized carbons (Fsp3) is 0.455. The van der Waals surface area contributed by atoms with Crippen molar-refractivity contribution in [1.82, 2.24) is 24.7 Å². The van der Waals surface area contributed by atoms with Crippen LogP contribution in [0.25, 0.3) is 0 Å². The van der Waals surface area contributed by atoms with Crippen LogP contribution in [-0.2, 0) is 10.4 Å². The molecule has 4 rings (SSSR count). The van der Waals surface area contributed by atoms with Gasteiger partial charge in [0, 0.05) is 45.5 Å². The lowest BCUT2D eigenvalue weighted by molar-refractivity contribution is -0.122. The van der Waals surface area contributed by atoms with E-state index in [0.717, 1.165) is 31.7 Å². The lowest BCUT2D eigenvalue weighted by atomic mass is 9.79. The molecule has 1 amide bonds. The molecule has 0 aliphatic carbocycles. The summed E-state index contributed by atoms with van der Waals surface area (Å²) in [6.45, 7) is 3.97. The number of carbonyl (C=O) groups is 2. The van der Waals surface area contributed by atoms with E-state index in [1.807, 2.05) is 30.3 Å². The van der Waals surface area contributed by atoms with Crippen LogP contribution in [0.1, 0.15) is 22.3 Å². The summed E-state index contributed by atoms with van der Waals surface area (Å²) in [4.78, 5) is 46.0. The Balaban J connectivity index is 0.000000913. The molecule has 2 aromatic rings. The van der Waals surface area contributed by atoms with Gasteiger partial charge in [-0.1, -0.05) is 30.3 Å². The first-order valence-electron chi connectivity index (χ1n) is 10.5. The maximum absolute atomic E-state index is 13.0. The number of nitrogens with one attached hydrogen (secondary N) is 1. The van der Waals surface area contributed by atoms with E-state index < -0.39 is 11.2 Å². The number of aromatic nitrogens is 2. The van der Waals surface area contributed by atoms with Crippen LogP contribution >= 0.6 is 0 Å². The molecule has 10 nitrogen and oxygen atoms in total. The first-order valence-corrected chi connectivity index (χ1v) is 10.5. The summed E-state index contributed by atoms with van der Waals surface area (Å²) in [5, 5.41) is 18.7. The van der Waals surface area contributed by atoms with Crippen LogP contribution < -0.4 is 5.56 Å². The average molecular weight is 444 g/mol. The summed E-state index contributed by atoms with van der Waals surface area (Å²) in [5.41, 5.74) is -0.579. The van der Waals surface area contributed by atoms with Crippen molar-refractivity contribution in [3.8, 4) is 0 Å². The molecule has 2 aliphatic heterocycles. The Morgan fingerprint density at radius 2 is 1.84 bits per heavy atom. The summed E-state index contributed by atoms with van der Waals surface area (Å²) in [5.74, 6) is -0.339. The Morgan fingerprint density at radius 1 is 1.19 bits per heavy atom. The first-order chi connectivity index (χ1) is 15.4. The molecular formula is C22H29N5O5. The van der Waals surface area contributed by atoms with Gasteiger partial charge in [0.15, 0.2) is 0 Å². The van der Waals surface area contributed by atoms with Crippen LogP contribution in [0, 0.1) is 0 Å². The van der Waals surface area contributed by atoms with Gasteiger partial charge >= 0.3 is 0 Å². The number of aliphatic hydroxyl groups is 1. The molecule has 0 bridgehead atoms. The topological polar surface area (TPSA) is 130 Å². The van der Waals surface area contributed by atoms with Crippen molar-refractivity contribution in [2.75, 3.05) is 46.3 Å². The van der Waals surface area contributed by atoms with Gasteiger partial charge in [0.25, 0.3) is 17.9 Å². The molecule has 0 spiro atoms. The minimum Gasteiger partial charge on any atom is -0.483 e. The van der Waals surface area contributed by atoms with E-state index >= 15 is 0 Å². The van der Waals surface area contributed by atoms with Gasteiger partial charge in [-0.25, -0.2) is 4.98 Å². The summed E-state index contributed by atoms with van der Waals surface area (Å²) < 4.78 is 0. The molecule has 172 valence electrons. The fourth-order valence-electron chi connectivity index (χ4n) is 4.39. The summed E-state index contributed by atoms with van der Waals surface area (Å²) >= 11 is 0. The number of hydrogen-bond donors (Lipinski definition) is 3. The Kier molecular flexibility index (Phi) is 7.73. The minimum atomic E-state index is -1.05. The number of rotatable bonds is 3. The number of carbonyl (C=O) groups excluding carboxylic acids is 1. The highest BCUT2D eigenvalue weighted by Crippen LogP contribution is 2.36. The monoisotopic (exact) mass is 443 g/mol. The third kappa shape index (κ3) is 5.04. The van der Waals surface area contributed by atoms with E-state index in [1.165, 1.54) is 12.5 Å². The molecule has 32 heavy (non-hydrogen) atoms. The minimum absolute atomic E-state index is 0.0368. The SMILES string of the molecule is CN1CCN([C@@H]2CN(C(=O)c3cnc[nH]c3=O)CC[C@]2(O)c2ccccc2)CC1.O=CO. The summed E-state index contributed by atoms with van der Waals surface area (Å²) in [6.07, 6.45) is 3.00. The molecule has 0 saturated carbocycles. The molecule has 1 aromatic carbocycles. The number of piperidine rings is 1. The third-order valence-electron chi connectivity index (χ3n) is 6.20. The molecule has 2 aliphatic rings. The van der Waals surface area contributed by atoms with Crippen molar-refractivity contribution in [2.24, 2.45) is 0 Å².